The molecule has 2 aromatic carbocycles. The molecule has 0 aliphatic heterocycles. The topological polar surface area (TPSA) is 75.3 Å². The summed E-state index contributed by atoms with van der Waals surface area (Å²) in [4.78, 5) is 12.3. The van der Waals surface area contributed by atoms with Crippen molar-refractivity contribution < 1.29 is 17.6 Å². The molecule has 0 aromatic heterocycles. The number of hydrogen-bond acceptors (Lipinski definition) is 3. The van der Waals surface area contributed by atoms with E-state index in [4.69, 9.17) is 0 Å². The lowest BCUT2D eigenvalue weighted by atomic mass is 10.2. The van der Waals surface area contributed by atoms with Crippen molar-refractivity contribution in [1.82, 2.24) is 10.0 Å². The van der Waals surface area contributed by atoms with Crippen molar-refractivity contribution >= 4 is 15.9 Å². The van der Waals surface area contributed by atoms with Crippen molar-refractivity contribution in [3.63, 3.8) is 0 Å². The molecular formula is C19H21FN2O3S. The number of rotatable bonds is 6. The molecule has 0 radical (unpaired) electrons. The zero-order chi connectivity index (χ0) is 18.6. The predicted octanol–water partition coefficient (Wildman–Crippen LogP) is 2.98. The molecule has 1 amide bonds. The summed E-state index contributed by atoms with van der Waals surface area (Å²) in [6, 6.07) is 11.7. The number of halogens is 1. The first-order valence-electron chi connectivity index (χ1n) is 8.59. The second kappa shape index (κ2) is 7.97. The minimum Gasteiger partial charge on any atom is -0.348 e. The molecule has 1 aliphatic carbocycles. The molecule has 0 bridgehead atoms. The second-order valence-electron chi connectivity index (χ2n) is 6.44. The zero-order valence-corrected chi connectivity index (χ0v) is 15.1. The lowest BCUT2D eigenvalue weighted by Gasteiger charge is -2.13. The zero-order valence-electron chi connectivity index (χ0n) is 14.2. The standard InChI is InChI=1S/C19H21FN2O3S/c20-16-9-5-14(6-10-16)13-21-19(23)15-7-11-18(12-8-15)26(24,25)22-17-3-1-2-4-17/h5-12,17,22H,1-4,13H2,(H,21,23). The fourth-order valence-electron chi connectivity index (χ4n) is 3.00. The third-order valence-electron chi connectivity index (χ3n) is 4.47. The van der Waals surface area contributed by atoms with Gasteiger partial charge in [-0.05, 0) is 54.8 Å². The van der Waals surface area contributed by atoms with Gasteiger partial charge in [-0.3, -0.25) is 4.79 Å². The number of carbonyl (C=O) groups excluding carboxylic acids is 1. The van der Waals surface area contributed by atoms with Gasteiger partial charge in [-0.15, -0.1) is 0 Å². The lowest BCUT2D eigenvalue weighted by Crippen LogP contribution is -2.32. The Labute approximate surface area is 152 Å². The Morgan fingerprint density at radius 1 is 1.00 bits per heavy atom. The number of benzene rings is 2. The summed E-state index contributed by atoms with van der Waals surface area (Å²) < 4.78 is 40.3. The van der Waals surface area contributed by atoms with Crippen molar-refractivity contribution in [1.29, 1.82) is 0 Å². The molecule has 5 nitrogen and oxygen atoms in total. The lowest BCUT2D eigenvalue weighted by molar-refractivity contribution is 0.0951. The Balaban J connectivity index is 1.61. The molecule has 1 aliphatic rings. The van der Waals surface area contributed by atoms with Gasteiger partial charge in [-0.25, -0.2) is 17.5 Å². The highest BCUT2D eigenvalue weighted by atomic mass is 32.2. The summed E-state index contributed by atoms with van der Waals surface area (Å²) in [5.74, 6) is -0.648. The molecular weight excluding hydrogens is 355 g/mol. The van der Waals surface area contributed by atoms with E-state index < -0.39 is 10.0 Å². The van der Waals surface area contributed by atoms with E-state index in [0.29, 0.717) is 5.56 Å². The number of carbonyl (C=O) groups is 1. The van der Waals surface area contributed by atoms with Crippen LogP contribution in [0.2, 0.25) is 0 Å². The van der Waals surface area contributed by atoms with Crippen LogP contribution < -0.4 is 10.0 Å². The van der Waals surface area contributed by atoms with Crippen LogP contribution in [0, 0.1) is 5.82 Å². The molecule has 2 N–H and O–H groups in total. The quantitative estimate of drug-likeness (QED) is 0.814. The van der Waals surface area contributed by atoms with E-state index in [-0.39, 0.29) is 29.2 Å². The molecule has 1 fully saturated rings. The van der Waals surface area contributed by atoms with Gasteiger partial charge in [0.15, 0.2) is 0 Å². The Morgan fingerprint density at radius 3 is 2.23 bits per heavy atom. The van der Waals surface area contributed by atoms with Crippen LogP contribution in [0.15, 0.2) is 53.4 Å². The van der Waals surface area contributed by atoms with Crippen LogP contribution in [0.25, 0.3) is 0 Å². The van der Waals surface area contributed by atoms with Crippen LogP contribution in [0.4, 0.5) is 4.39 Å². The monoisotopic (exact) mass is 376 g/mol. The molecule has 0 atom stereocenters. The summed E-state index contributed by atoms with van der Waals surface area (Å²) >= 11 is 0. The fourth-order valence-corrected chi connectivity index (χ4v) is 4.31. The van der Waals surface area contributed by atoms with Gasteiger partial charge >= 0.3 is 0 Å². The number of nitrogens with one attached hydrogen (secondary N) is 2. The molecule has 2 aromatic rings. The predicted molar refractivity (Wildman–Crippen MR) is 96.6 cm³/mol. The highest BCUT2D eigenvalue weighted by molar-refractivity contribution is 7.89. The minimum atomic E-state index is -3.56. The van der Waals surface area contributed by atoms with Gasteiger partial charge in [0.25, 0.3) is 5.91 Å². The van der Waals surface area contributed by atoms with E-state index >= 15 is 0 Å². The highest BCUT2D eigenvalue weighted by Crippen LogP contribution is 2.20. The average molecular weight is 376 g/mol. The minimum absolute atomic E-state index is 0.00122. The summed E-state index contributed by atoms with van der Waals surface area (Å²) in [5, 5.41) is 2.73. The number of sulfonamides is 1. The van der Waals surface area contributed by atoms with Crippen molar-refractivity contribution in [3.05, 3.63) is 65.5 Å². The molecule has 3 rings (SSSR count). The van der Waals surface area contributed by atoms with Crippen LogP contribution in [-0.2, 0) is 16.6 Å². The Bertz CT molecular complexity index is 859. The molecule has 0 saturated heterocycles. The van der Waals surface area contributed by atoms with Gasteiger partial charge in [0, 0.05) is 18.2 Å². The third kappa shape index (κ3) is 4.68. The van der Waals surface area contributed by atoms with E-state index in [0.717, 1.165) is 31.2 Å². The first kappa shape index (κ1) is 18.5. The van der Waals surface area contributed by atoms with Crippen molar-refractivity contribution in [2.24, 2.45) is 0 Å². The van der Waals surface area contributed by atoms with Crippen LogP contribution in [-0.4, -0.2) is 20.4 Å². The molecule has 26 heavy (non-hydrogen) atoms. The van der Waals surface area contributed by atoms with E-state index in [1.165, 1.54) is 36.4 Å². The van der Waals surface area contributed by atoms with Gasteiger partial charge in [-0.1, -0.05) is 25.0 Å². The third-order valence-corrected chi connectivity index (χ3v) is 6.01. The van der Waals surface area contributed by atoms with Gasteiger partial charge in [0.1, 0.15) is 5.82 Å². The van der Waals surface area contributed by atoms with Gasteiger partial charge in [0.2, 0.25) is 10.0 Å². The molecule has 0 unspecified atom stereocenters. The maximum absolute atomic E-state index is 12.9. The van der Waals surface area contributed by atoms with Gasteiger partial charge < -0.3 is 5.32 Å². The Hall–Kier alpha value is -2.25. The van der Waals surface area contributed by atoms with Crippen LogP contribution in [0.5, 0.6) is 0 Å². The average Bonchev–Trinajstić information content (AvgIpc) is 3.13. The second-order valence-corrected chi connectivity index (χ2v) is 8.15. The first-order chi connectivity index (χ1) is 12.4. The fraction of sp³-hybridized carbons (Fsp3) is 0.316. The summed E-state index contributed by atoms with van der Waals surface area (Å²) in [6.07, 6.45) is 3.81. The molecule has 0 spiro atoms. The molecule has 0 heterocycles. The van der Waals surface area contributed by atoms with E-state index in [9.17, 15) is 17.6 Å². The van der Waals surface area contributed by atoms with E-state index in [2.05, 4.69) is 10.0 Å². The van der Waals surface area contributed by atoms with Crippen molar-refractivity contribution in [2.75, 3.05) is 0 Å². The molecule has 138 valence electrons. The maximum Gasteiger partial charge on any atom is 0.251 e. The summed E-state index contributed by atoms with van der Waals surface area (Å²) in [5.41, 5.74) is 1.15. The largest absolute Gasteiger partial charge is 0.348 e. The molecule has 1 saturated carbocycles. The van der Waals surface area contributed by atoms with Crippen LogP contribution in [0.1, 0.15) is 41.6 Å². The summed E-state index contributed by atoms with van der Waals surface area (Å²) in [6.45, 7) is 0.266. The van der Waals surface area contributed by atoms with Crippen molar-refractivity contribution in [3.8, 4) is 0 Å². The smallest absolute Gasteiger partial charge is 0.251 e. The molecule has 7 heteroatoms. The maximum atomic E-state index is 12.9. The van der Waals surface area contributed by atoms with Crippen molar-refractivity contribution in [2.45, 2.75) is 43.2 Å². The summed E-state index contributed by atoms with van der Waals surface area (Å²) in [7, 11) is -3.56. The van der Waals surface area contributed by atoms with E-state index in [1.807, 2.05) is 0 Å². The first-order valence-corrected chi connectivity index (χ1v) is 10.1. The van der Waals surface area contributed by atoms with Gasteiger partial charge in [0.05, 0.1) is 4.90 Å². The van der Waals surface area contributed by atoms with Crippen LogP contribution >= 0.6 is 0 Å². The normalized spacial score (nSPS) is 15.1. The number of hydrogen-bond donors (Lipinski definition) is 2. The Morgan fingerprint density at radius 2 is 1.62 bits per heavy atom. The van der Waals surface area contributed by atoms with Gasteiger partial charge in [-0.2, -0.15) is 0 Å². The van der Waals surface area contributed by atoms with E-state index in [1.54, 1.807) is 12.1 Å². The van der Waals surface area contributed by atoms with Crippen LogP contribution in [0.3, 0.4) is 0 Å². The number of amides is 1. The Kier molecular flexibility index (Phi) is 5.68. The SMILES string of the molecule is O=C(NCc1ccc(F)cc1)c1ccc(S(=O)(=O)NC2CCCC2)cc1. The highest BCUT2D eigenvalue weighted by Gasteiger charge is 2.23.